The van der Waals surface area contributed by atoms with E-state index >= 15 is 0 Å². The van der Waals surface area contributed by atoms with E-state index in [9.17, 15) is 9.59 Å². The summed E-state index contributed by atoms with van der Waals surface area (Å²) in [4.78, 5) is 24.9. The Morgan fingerprint density at radius 3 is 2.32 bits per heavy atom. The third-order valence-electron chi connectivity index (χ3n) is 3.45. The number of ether oxygens (including phenoxy) is 1. The minimum Gasteiger partial charge on any atom is -0.459 e. The predicted molar refractivity (Wildman–Crippen MR) is 72.8 cm³/mol. The number of benzene rings is 1. The van der Waals surface area contributed by atoms with Crippen LogP contribution in [0.2, 0.25) is 0 Å². The maximum absolute atomic E-state index is 12.6. The second-order valence-electron chi connectivity index (χ2n) is 6.05. The number of hydrogen-bond donors (Lipinski definition) is 0. The quantitative estimate of drug-likeness (QED) is 0.606. The predicted octanol–water partition coefficient (Wildman–Crippen LogP) is 3.02. The Balaban J connectivity index is 2.42. The zero-order valence-electron chi connectivity index (χ0n) is 11.7. The normalized spacial score (nSPS) is 23.4. The molecule has 1 aromatic rings. The maximum Gasteiger partial charge on any atom is 0.324 e. The molecule has 0 saturated heterocycles. The van der Waals surface area contributed by atoms with E-state index in [1.165, 1.54) is 0 Å². The summed E-state index contributed by atoms with van der Waals surface area (Å²) in [5.74, 6) is -0.429. The van der Waals surface area contributed by atoms with Gasteiger partial charge in [0.25, 0.3) is 0 Å². The molecule has 0 unspecified atom stereocenters. The molecule has 1 aliphatic carbocycles. The zero-order chi connectivity index (χ0) is 14.1. The number of esters is 1. The van der Waals surface area contributed by atoms with Crippen molar-refractivity contribution < 1.29 is 14.3 Å². The highest BCUT2D eigenvalue weighted by Gasteiger charge is 2.52. The number of ketones is 1. The molecule has 3 heteroatoms. The Hall–Kier alpha value is -1.64. The third kappa shape index (κ3) is 2.55. The van der Waals surface area contributed by atoms with E-state index in [2.05, 4.69) is 0 Å². The molecular formula is C16H20O3. The van der Waals surface area contributed by atoms with Crippen LogP contribution in [0.1, 0.15) is 45.6 Å². The molecule has 1 aromatic carbocycles. The smallest absolute Gasteiger partial charge is 0.324 e. The number of hydrogen-bond acceptors (Lipinski definition) is 3. The van der Waals surface area contributed by atoms with Crippen LogP contribution in [0.25, 0.3) is 0 Å². The lowest BCUT2D eigenvalue weighted by Gasteiger charge is -2.30. The molecule has 0 N–H and O–H groups in total. The summed E-state index contributed by atoms with van der Waals surface area (Å²) >= 11 is 0. The fourth-order valence-electron chi connectivity index (χ4n) is 2.59. The fourth-order valence-corrected chi connectivity index (χ4v) is 2.59. The van der Waals surface area contributed by atoms with Crippen molar-refractivity contribution in [3.63, 3.8) is 0 Å². The van der Waals surface area contributed by atoms with E-state index in [0.29, 0.717) is 12.8 Å². The number of carbonyl (C=O) groups is 2. The van der Waals surface area contributed by atoms with E-state index in [4.69, 9.17) is 4.74 Å². The Kier molecular flexibility index (Phi) is 3.48. The monoisotopic (exact) mass is 260 g/mol. The minimum absolute atomic E-state index is 0.0204. The standard InChI is InChI=1S/C16H20O3/c1-15(2,3)19-14(18)16(11-7-10-13(16)17)12-8-5-4-6-9-12/h4-6,8-9H,7,10-11H2,1-3H3/t16-/m0/s1. The summed E-state index contributed by atoms with van der Waals surface area (Å²) in [5.41, 5.74) is -0.914. The molecule has 1 saturated carbocycles. The molecule has 19 heavy (non-hydrogen) atoms. The van der Waals surface area contributed by atoms with Crippen molar-refractivity contribution in [2.45, 2.75) is 51.0 Å². The van der Waals surface area contributed by atoms with Crippen LogP contribution in [0.3, 0.4) is 0 Å². The van der Waals surface area contributed by atoms with Crippen LogP contribution >= 0.6 is 0 Å². The lowest BCUT2D eigenvalue weighted by Crippen LogP contribution is -2.44. The second-order valence-corrected chi connectivity index (χ2v) is 6.05. The molecule has 1 fully saturated rings. The highest BCUT2D eigenvalue weighted by atomic mass is 16.6. The summed E-state index contributed by atoms with van der Waals surface area (Å²) < 4.78 is 5.49. The van der Waals surface area contributed by atoms with E-state index in [1.807, 2.05) is 51.1 Å². The van der Waals surface area contributed by atoms with Gasteiger partial charge in [-0.15, -0.1) is 0 Å². The Labute approximate surface area is 114 Å². The molecule has 0 heterocycles. The third-order valence-corrected chi connectivity index (χ3v) is 3.45. The molecule has 0 radical (unpaired) electrons. The van der Waals surface area contributed by atoms with Crippen molar-refractivity contribution >= 4 is 11.8 Å². The molecule has 0 aromatic heterocycles. The molecule has 102 valence electrons. The average molecular weight is 260 g/mol. The lowest BCUT2D eigenvalue weighted by molar-refractivity contribution is -0.163. The number of carbonyl (C=O) groups excluding carboxylic acids is 2. The van der Waals surface area contributed by atoms with Crippen molar-refractivity contribution in [2.24, 2.45) is 0 Å². The number of rotatable bonds is 2. The van der Waals surface area contributed by atoms with Crippen molar-refractivity contribution in [3.05, 3.63) is 35.9 Å². The van der Waals surface area contributed by atoms with Gasteiger partial charge in [0.1, 0.15) is 5.60 Å². The van der Waals surface area contributed by atoms with Crippen LogP contribution in [0.15, 0.2) is 30.3 Å². The Morgan fingerprint density at radius 2 is 1.84 bits per heavy atom. The first kappa shape index (κ1) is 13.8. The topological polar surface area (TPSA) is 43.4 Å². The van der Waals surface area contributed by atoms with E-state index < -0.39 is 17.0 Å². The van der Waals surface area contributed by atoms with E-state index in [-0.39, 0.29) is 5.78 Å². The van der Waals surface area contributed by atoms with Gasteiger partial charge in [-0.2, -0.15) is 0 Å². The molecule has 0 amide bonds. The SMILES string of the molecule is CC(C)(C)OC(=O)[C@]1(c2ccccc2)CCCC1=O. The van der Waals surface area contributed by atoms with Crippen LogP contribution in [-0.4, -0.2) is 17.4 Å². The van der Waals surface area contributed by atoms with Gasteiger partial charge in [-0.3, -0.25) is 9.59 Å². The average Bonchev–Trinajstić information content (AvgIpc) is 2.71. The fraction of sp³-hybridized carbons (Fsp3) is 0.500. The van der Waals surface area contributed by atoms with Crippen molar-refractivity contribution in [2.75, 3.05) is 0 Å². The molecule has 3 nitrogen and oxygen atoms in total. The summed E-state index contributed by atoms with van der Waals surface area (Å²) in [6, 6.07) is 9.27. The van der Waals surface area contributed by atoms with Crippen molar-refractivity contribution in [1.29, 1.82) is 0 Å². The first-order valence-corrected chi connectivity index (χ1v) is 6.68. The van der Waals surface area contributed by atoms with Gasteiger partial charge in [0.2, 0.25) is 0 Å². The molecule has 0 spiro atoms. The van der Waals surface area contributed by atoms with Gasteiger partial charge in [-0.1, -0.05) is 30.3 Å². The summed E-state index contributed by atoms with van der Waals surface area (Å²) in [6.07, 6.45) is 1.74. The molecule has 1 aliphatic rings. The van der Waals surface area contributed by atoms with Crippen LogP contribution in [0.4, 0.5) is 0 Å². The van der Waals surface area contributed by atoms with E-state index in [1.54, 1.807) is 0 Å². The summed E-state index contributed by atoms with van der Waals surface area (Å²) in [7, 11) is 0. The van der Waals surface area contributed by atoms with Gasteiger partial charge in [-0.05, 0) is 39.2 Å². The molecular weight excluding hydrogens is 240 g/mol. The molecule has 0 bridgehead atoms. The zero-order valence-corrected chi connectivity index (χ0v) is 11.7. The minimum atomic E-state index is -1.09. The van der Waals surface area contributed by atoms with Crippen molar-refractivity contribution in [1.82, 2.24) is 0 Å². The van der Waals surface area contributed by atoms with Crippen molar-refractivity contribution in [3.8, 4) is 0 Å². The van der Waals surface area contributed by atoms with Crippen LogP contribution in [0.5, 0.6) is 0 Å². The number of Topliss-reactive ketones (excluding diaryl/α,β-unsaturated/α-hetero) is 1. The van der Waals surface area contributed by atoms with Gasteiger partial charge in [0.05, 0.1) is 0 Å². The molecule has 0 aliphatic heterocycles. The first-order valence-electron chi connectivity index (χ1n) is 6.68. The van der Waals surface area contributed by atoms with E-state index in [0.717, 1.165) is 12.0 Å². The van der Waals surface area contributed by atoms with Gasteiger partial charge >= 0.3 is 5.97 Å². The van der Waals surface area contributed by atoms with Crippen LogP contribution < -0.4 is 0 Å². The van der Waals surface area contributed by atoms with Gasteiger partial charge in [0, 0.05) is 6.42 Å². The Bertz CT molecular complexity index is 484. The maximum atomic E-state index is 12.6. The van der Waals surface area contributed by atoms with Crippen LogP contribution in [0, 0.1) is 0 Å². The molecule has 2 rings (SSSR count). The lowest BCUT2D eigenvalue weighted by atomic mass is 9.78. The van der Waals surface area contributed by atoms with Gasteiger partial charge in [-0.25, -0.2) is 0 Å². The highest BCUT2D eigenvalue weighted by Crippen LogP contribution is 2.40. The largest absolute Gasteiger partial charge is 0.459 e. The summed E-state index contributed by atoms with van der Waals surface area (Å²) in [5, 5.41) is 0. The molecule has 1 atom stereocenters. The Morgan fingerprint density at radius 1 is 1.21 bits per heavy atom. The van der Waals surface area contributed by atoms with Gasteiger partial charge in [0.15, 0.2) is 11.2 Å². The van der Waals surface area contributed by atoms with Gasteiger partial charge < -0.3 is 4.74 Å². The first-order chi connectivity index (χ1) is 8.86. The second kappa shape index (κ2) is 4.80. The highest BCUT2D eigenvalue weighted by molar-refractivity contribution is 6.11. The van der Waals surface area contributed by atoms with Crippen LogP contribution in [-0.2, 0) is 19.7 Å². The summed E-state index contributed by atoms with van der Waals surface area (Å²) in [6.45, 7) is 5.47.